The average Bonchev–Trinajstić information content (AvgIpc) is 2.31. The molecule has 0 aliphatic carbocycles. The number of nitrogens with one attached hydrogen (secondary N) is 2. The summed E-state index contributed by atoms with van der Waals surface area (Å²) >= 11 is 0. The summed E-state index contributed by atoms with van der Waals surface area (Å²) in [6.07, 6.45) is 0. The highest BCUT2D eigenvalue weighted by Crippen LogP contribution is 2.02. The molecular formula is C13H31IN4O. The number of guanidine groups is 1. The number of ether oxygens (including phenoxy) is 1. The molecule has 0 fully saturated rings. The summed E-state index contributed by atoms with van der Waals surface area (Å²) in [4.78, 5) is 6.62. The zero-order valence-electron chi connectivity index (χ0n) is 13.2. The van der Waals surface area contributed by atoms with Gasteiger partial charge in [-0.1, -0.05) is 0 Å². The van der Waals surface area contributed by atoms with Crippen LogP contribution in [0.2, 0.25) is 0 Å². The van der Waals surface area contributed by atoms with Gasteiger partial charge in [0.1, 0.15) is 0 Å². The van der Waals surface area contributed by atoms with E-state index in [-0.39, 0.29) is 24.0 Å². The summed E-state index contributed by atoms with van der Waals surface area (Å²) in [5.74, 6) is 0.833. The first kappa shape index (κ1) is 21.2. The van der Waals surface area contributed by atoms with E-state index in [2.05, 4.69) is 48.2 Å². The van der Waals surface area contributed by atoms with Gasteiger partial charge in [-0.2, -0.15) is 0 Å². The molecule has 0 saturated carbocycles. The Morgan fingerprint density at radius 3 is 2.05 bits per heavy atom. The summed E-state index contributed by atoms with van der Waals surface area (Å²) in [7, 11) is 3.48. The van der Waals surface area contributed by atoms with E-state index in [0.29, 0.717) is 18.7 Å². The zero-order chi connectivity index (χ0) is 14.0. The highest BCUT2D eigenvalue weighted by molar-refractivity contribution is 14.0. The number of nitrogens with zero attached hydrogens (tertiary/aromatic N) is 2. The summed E-state index contributed by atoms with van der Waals surface area (Å²) in [5.41, 5.74) is 0. The summed E-state index contributed by atoms with van der Waals surface area (Å²) in [5, 5.41) is 6.51. The monoisotopic (exact) mass is 386 g/mol. The molecule has 2 N–H and O–H groups in total. The Kier molecular flexibility index (Phi) is 14.4. The van der Waals surface area contributed by atoms with Gasteiger partial charge >= 0.3 is 0 Å². The van der Waals surface area contributed by atoms with Gasteiger partial charge in [0, 0.05) is 45.9 Å². The molecule has 0 bridgehead atoms. The minimum atomic E-state index is 0. The lowest BCUT2D eigenvalue weighted by molar-refractivity contribution is 0.178. The van der Waals surface area contributed by atoms with Crippen LogP contribution in [-0.4, -0.2) is 63.3 Å². The molecule has 19 heavy (non-hydrogen) atoms. The van der Waals surface area contributed by atoms with E-state index < -0.39 is 0 Å². The van der Waals surface area contributed by atoms with E-state index in [4.69, 9.17) is 4.74 Å². The first-order valence-electron chi connectivity index (χ1n) is 6.72. The molecule has 0 atom stereocenters. The zero-order valence-corrected chi connectivity index (χ0v) is 15.5. The molecule has 0 spiro atoms. The highest BCUT2D eigenvalue weighted by Gasteiger charge is 2.12. The minimum absolute atomic E-state index is 0. The van der Waals surface area contributed by atoms with Crippen LogP contribution in [-0.2, 0) is 4.74 Å². The molecule has 0 aromatic rings. The average molecular weight is 386 g/mol. The van der Waals surface area contributed by atoms with Crippen LogP contribution in [0, 0.1) is 0 Å². The van der Waals surface area contributed by atoms with E-state index in [1.54, 1.807) is 14.2 Å². The van der Waals surface area contributed by atoms with Crippen LogP contribution in [0.3, 0.4) is 0 Å². The third-order valence-corrected chi connectivity index (χ3v) is 2.81. The first-order chi connectivity index (χ1) is 8.52. The number of hydrogen-bond donors (Lipinski definition) is 2. The van der Waals surface area contributed by atoms with E-state index >= 15 is 0 Å². The number of methoxy groups -OCH3 is 1. The molecule has 116 valence electrons. The van der Waals surface area contributed by atoms with Crippen molar-refractivity contribution in [3.63, 3.8) is 0 Å². The Bertz CT molecular complexity index is 227. The Hall–Kier alpha value is -0.0800. The predicted molar refractivity (Wildman–Crippen MR) is 93.6 cm³/mol. The fraction of sp³-hybridized carbons (Fsp3) is 0.923. The smallest absolute Gasteiger partial charge is 0.191 e. The second-order valence-corrected chi connectivity index (χ2v) is 4.84. The van der Waals surface area contributed by atoms with Crippen molar-refractivity contribution in [2.45, 2.75) is 39.8 Å². The van der Waals surface area contributed by atoms with Gasteiger partial charge in [-0.05, 0) is 27.7 Å². The second kappa shape index (κ2) is 12.9. The van der Waals surface area contributed by atoms with Crippen LogP contribution in [0.5, 0.6) is 0 Å². The molecule has 0 saturated heterocycles. The Balaban J connectivity index is 0. The molecule has 0 aromatic carbocycles. The molecule has 0 rings (SSSR count). The van der Waals surface area contributed by atoms with Gasteiger partial charge in [0.15, 0.2) is 5.96 Å². The van der Waals surface area contributed by atoms with Crippen LogP contribution < -0.4 is 10.6 Å². The van der Waals surface area contributed by atoms with E-state index in [9.17, 15) is 0 Å². The summed E-state index contributed by atoms with van der Waals surface area (Å²) < 4.78 is 4.99. The van der Waals surface area contributed by atoms with Crippen LogP contribution in [0.1, 0.15) is 27.7 Å². The van der Waals surface area contributed by atoms with Gasteiger partial charge in [-0.3, -0.25) is 9.89 Å². The molecule has 0 aliphatic heterocycles. The molecule has 0 heterocycles. The largest absolute Gasteiger partial charge is 0.383 e. The maximum absolute atomic E-state index is 4.99. The van der Waals surface area contributed by atoms with E-state index in [1.807, 2.05) is 0 Å². The number of halogens is 1. The lowest BCUT2D eigenvalue weighted by Crippen LogP contribution is -2.45. The molecule has 0 unspecified atom stereocenters. The fourth-order valence-electron chi connectivity index (χ4n) is 1.91. The summed E-state index contributed by atoms with van der Waals surface area (Å²) in [6.45, 7) is 12.3. The van der Waals surface area contributed by atoms with E-state index in [1.165, 1.54) is 0 Å². The Morgan fingerprint density at radius 2 is 1.63 bits per heavy atom. The van der Waals surface area contributed by atoms with Crippen LogP contribution in [0.4, 0.5) is 0 Å². The van der Waals surface area contributed by atoms with Crippen molar-refractivity contribution < 1.29 is 4.74 Å². The quantitative estimate of drug-likeness (QED) is 0.288. The number of rotatable bonds is 8. The Morgan fingerprint density at radius 1 is 1.11 bits per heavy atom. The molecule has 6 heteroatoms. The van der Waals surface area contributed by atoms with Crippen molar-refractivity contribution in [2.24, 2.45) is 4.99 Å². The number of hydrogen-bond acceptors (Lipinski definition) is 3. The Labute approximate surface area is 135 Å². The standard InChI is InChI=1S/C13H30N4O.HI/c1-11(2)17(12(3)4)9-7-15-13(14-5)16-8-10-18-6;/h11-12H,7-10H2,1-6H3,(H2,14,15,16);1H. The van der Waals surface area contributed by atoms with Crippen LogP contribution >= 0.6 is 24.0 Å². The van der Waals surface area contributed by atoms with Crippen LogP contribution in [0.15, 0.2) is 4.99 Å². The predicted octanol–water partition coefficient (Wildman–Crippen LogP) is 1.53. The summed E-state index contributed by atoms with van der Waals surface area (Å²) in [6, 6.07) is 1.13. The molecular weight excluding hydrogens is 355 g/mol. The maximum Gasteiger partial charge on any atom is 0.191 e. The third-order valence-electron chi connectivity index (χ3n) is 2.81. The lowest BCUT2D eigenvalue weighted by atomic mass is 10.2. The van der Waals surface area contributed by atoms with Gasteiger partial charge in [0.25, 0.3) is 0 Å². The molecule has 0 radical (unpaired) electrons. The van der Waals surface area contributed by atoms with Gasteiger partial charge in [-0.25, -0.2) is 0 Å². The van der Waals surface area contributed by atoms with Gasteiger partial charge < -0.3 is 15.4 Å². The van der Waals surface area contributed by atoms with Gasteiger partial charge in [-0.15, -0.1) is 24.0 Å². The number of aliphatic imine (C=N–C) groups is 1. The van der Waals surface area contributed by atoms with Gasteiger partial charge in [0.2, 0.25) is 0 Å². The lowest BCUT2D eigenvalue weighted by Gasteiger charge is -2.30. The van der Waals surface area contributed by atoms with Crippen molar-refractivity contribution in [1.29, 1.82) is 0 Å². The topological polar surface area (TPSA) is 48.9 Å². The second-order valence-electron chi connectivity index (χ2n) is 4.84. The fourth-order valence-corrected chi connectivity index (χ4v) is 1.91. The van der Waals surface area contributed by atoms with Crippen molar-refractivity contribution in [3.8, 4) is 0 Å². The molecule has 0 amide bonds. The maximum atomic E-state index is 4.99. The van der Waals surface area contributed by atoms with Crippen molar-refractivity contribution in [1.82, 2.24) is 15.5 Å². The van der Waals surface area contributed by atoms with Crippen LogP contribution in [0.25, 0.3) is 0 Å². The van der Waals surface area contributed by atoms with Crippen molar-refractivity contribution in [2.75, 3.05) is 40.4 Å². The first-order valence-corrected chi connectivity index (χ1v) is 6.72. The highest BCUT2D eigenvalue weighted by atomic mass is 127. The molecule has 5 nitrogen and oxygen atoms in total. The normalized spacial score (nSPS) is 11.9. The molecule has 0 aromatic heterocycles. The van der Waals surface area contributed by atoms with Gasteiger partial charge in [0.05, 0.1) is 6.61 Å². The third kappa shape index (κ3) is 10.4. The SMILES string of the molecule is CN=C(NCCOC)NCCN(C(C)C)C(C)C.I. The molecule has 0 aliphatic rings. The minimum Gasteiger partial charge on any atom is -0.383 e. The van der Waals surface area contributed by atoms with Crippen molar-refractivity contribution >= 4 is 29.9 Å². The van der Waals surface area contributed by atoms with Crippen molar-refractivity contribution in [3.05, 3.63) is 0 Å². The van der Waals surface area contributed by atoms with E-state index in [0.717, 1.165) is 25.6 Å².